The molecule has 1 atom stereocenters. The SMILES string of the molecule is Cc1c(C(=O)N(C)C[C@@H](O)c2ccccc2)sc2ncnc(NCCc3ccccc3F)c12. The minimum absolute atomic E-state index is 0.177. The third-order valence-corrected chi connectivity index (χ3v) is 6.73. The van der Waals surface area contributed by atoms with E-state index in [9.17, 15) is 14.3 Å². The highest BCUT2D eigenvalue weighted by atomic mass is 32.1. The number of hydrogen-bond donors (Lipinski definition) is 2. The first kappa shape index (κ1) is 22.8. The maximum Gasteiger partial charge on any atom is 0.264 e. The lowest BCUT2D eigenvalue weighted by Crippen LogP contribution is -2.31. The average molecular weight is 465 g/mol. The summed E-state index contributed by atoms with van der Waals surface area (Å²) in [5.41, 5.74) is 2.18. The number of aromatic nitrogens is 2. The second-order valence-electron chi connectivity index (χ2n) is 7.84. The van der Waals surface area contributed by atoms with E-state index in [0.717, 1.165) is 16.5 Å². The zero-order valence-corrected chi connectivity index (χ0v) is 19.3. The molecule has 2 aromatic heterocycles. The summed E-state index contributed by atoms with van der Waals surface area (Å²) < 4.78 is 13.9. The molecule has 2 N–H and O–H groups in total. The van der Waals surface area contributed by atoms with Crippen molar-refractivity contribution in [3.05, 3.63) is 88.3 Å². The Kier molecular flexibility index (Phi) is 6.96. The zero-order chi connectivity index (χ0) is 23.4. The van der Waals surface area contributed by atoms with E-state index in [2.05, 4.69) is 15.3 Å². The van der Waals surface area contributed by atoms with Crippen LogP contribution in [0.25, 0.3) is 10.2 Å². The number of hydrogen-bond acceptors (Lipinski definition) is 6. The lowest BCUT2D eigenvalue weighted by atomic mass is 10.1. The van der Waals surface area contributed by atoms with Crippen molar-refractivity contribution in [2.24, 2.45) is 0 Å². The molecule has 2 aromatic carbocycles. The largest absolute Gasteiger partial charge is 0.387 e. The molecule has 0 aliphatic rings. The predicted molar refractivity (Wildman–Crippen MR) is 129 cm³/mol. The van der Waals surface area contributed by atoms with Gasteiger partial charge in [-0.15, -0.1) is 11.3 Å². The van der Waals surface area contributed by atoms with Gasteiger partial charge >= 0.3 is 0 Å². The average Bonchev–Trinajstić information content (AvgIpc) is 3.17. The van der Waals surface area contributed by atoms with Crippen molar-refractivity contribution in [2.45, 2.75) is 19.4 Å². The number of carbonyl (C=O) groups excluding carboxylic acids is 1. The number of fused-ring (bicyclic) bond motifs is 1. The summed E-state index contributed by atoms with van der Waals surface area (Å²) in [5.74, 6) is 0.214. The highest BCUT2D eigenvalue weighted by Crippen LogP contribution is 2.34. The van der Waals surface area contributed by atoms with Crippen molar-refractivity contribution in [3.63, 3.8) is 0 Å². The number of likely N-dealkylation sites (N-methyl/N-ethyl adjacent to an activating group) is 1. The molecule has 4 rings (SSSR count). The first-order valence-corrected chi connectivity index (χ1v) is 11.5. The molecule has 0 saturated carbocycles. The summed E-state index contributed by atoms with van der Waals surface area (Å²) in [6.45, 7) is 2.55. The highest BCUT2D eigenvalue weighted by Gasteiger charge is 2.23. The summed E-state index contributed by atoms with van der Waals surface area (Å²) in [5, 5.41) is 14.6. The van der Waals surface area contributed by atoms with E-state index in [4.69, 9.17) is 0 Å². The van der Waals surface area contributed by atoms with Gasteiger partial charge in [0.1, 0.15) is 22.8 Å². The van der Waals surface area contributed by atoms with Crippen LogP contribution in [0.2, 0.25) is 0 Å². The van der Waals surface area contributed by atoms with Gasteiger partial charge in [-0.1, -0.05) is 48.5 Å². The van der Waals surface area contributed by atoms with Crippen LogP contribution >= 0.6 is 11.3 Å². The fourth-order valence-electron chi connectivity index (χ4n) is 3.72. The normalized spacial score (nSPS) is 12.0. The number of benzene rings is 2. The van der Waals surface area contributed by atoms with Crippen LogP contribution in [-0.4, -0.2) is 46.0 Å². The number of aliphatic hydroxyl groups is 1. The summed E-state index contributed by atoms with van der Waals surface area (Å²) in [4.78, 5) is 24.6. The van der Waals surface area contributed by atoms with Gasteiger partial charge < -0.3 is 15.3 Å². The van der Waals surface area contributed by atoms with Crippen molar-refractivity contribution in [1.29, 1.82) is 0 Å². The number of nitrogens with zero attached hydrogens (tertiary/aromatic N) is 3. The van der Waals surface area contributed by atoms with Crippen LogP contribution in [0.1, 0.15) is 32.5 Å². The topological polar surface area (TPSA) is 78.4 Å². The lowest BCUT2D eigenvalue weighted by molar-refractivity contribution is 0.0685. The Morgan fingerprint density at radius 2 is 1.88 bits per heavy atom. The van der Waals surface area contributed by atoms with E-state index in [-0.39, 0.29) is 18.3 Å². The van der Waals surface area contributed by atoms with Gasteiger partial charge in [-0.3, -0.25) is 4.79 Å². The minimum atomic E-state index is -0.773. The second-order valence-corrected chi connectivity index (χ2v) is 8.84. The van der Waals surface area contributed by atoms with Crippen LogP contribution in [0.15, 0.2) is 60.9 Å². The van der Waals surface area contributed by atoms with Crippen molar-refractivity contribution in [3.8, 4) is 0 Å². The third kappa shape index (κ3) is 5.02. The molecule has 6 nitrogen and oxygen atoms in total. The molecule has 4 aromatic rings. The molecule has 0 aliphatic heterocycles. The Labute approximate surface area is 195 Å². The van der Waals surface area contributed by atoms with Crippen LogP contribution in [0.3, 0.4) is 0 Å². The van der Waals surface area contributed by atoms with Gasteiger partial charge in [-0.25, -0.2) is 14.4 Å². The van der Waals surface area contributed by atoms with Gasteiger partial charge in [0.15, 0.2) is 0 Å². The Balaban J connectivity index is 1.50. The maximum absolute atomic E-state index is 13.9. The number of nitrogens with one attached hydrogen (secondary N) is 1. The molecule has 0 unspecified atom stereocenters. The molecular formula is C25H25FN4O2S. The smallest absolute Gasteiger partial charge is 0.264 e. The monoisotopic (exact) mass is 464 g/mol. The Bertz CT molecular complexity index is 1260. The third-order valence-electron chi connectivity index (χ3n) is 5.54. The van der Waals surface area contributed by atoms with Crippen molar-refractivity contribution < 1.29 is 14.3 Å². The summed E-state index contributed by atoms with van der Waals surface area (Å²) in [6, 6.07) is 16.0. The van der Waals surface area contributed by atoms with E-state index >= 15 is 0 Å². The molecule has 0 spiro atoms. The fourth-order valence-corrected chi connectivity index (χ4v) is 4.87. The maximum atomic E-state index is 13.9. The van der Waals surface area contributed by atoms with E-state index < -0.39 is 6.10 Å². The highest BCUT2D eigenvalue weighted by molar-refractivity contribution is 7.20. The number of thiophene rings is 1. The number of amides is 1. The first-order chi connectivity index (χ1) is 16.0. The molecule has 0 radical (unpaired) electrons. The molecule has 170 valence electrons. The number of carbonyl (C=O) groups is 1. The lowest BCUT2D eigenvalue weighted by Gasteiger charge is -2.21. The Morgan fingerprint density at radius 1 is 1.15 bits per heavy atom. The molecule has 2 heterocycles. The fraction of sp³-hybridized carbons (Fsp3) is 0.240. The second kappa shape index (κ2) is 10.1. The molecule has 33 heavy (non-hydrogen) atoms. The van der Waals surface area contributed by atoms with Crippen LogP contribution < -0.4 is 5.32 Å². The molecule has 1 amide bonds. The van der Waals surface area contributed by atoms with Crippen molar-refractivity contribution in [2.75, 3.05) is 25.5 Å². The van der Waals surface area contributed by atoms with E-state index in [0.29, 0.717) is 34.1 Å². The quantitative estimate of drug-likeness (QED) is 0.399. The first-order valence-electron chi connectivity index (χ1n) is 10.7. The Morgan fingerprint density at radius 3 is 2.64 bits per heavy atom. The standard InChI is InChI=1S/C25H25FN4O2S/c1-16-21-23(27-13-12-17-8-6-7-11-19(17)26)28-15-29-24(21)33-22(16)25(32)30(2)14-20(31)18-9-4-3-5-10-18/h3-11,15,20,31H,12-14H2,1-2H3,(H,27,28,29)/t20-/m1/s1. The molecule has 0 aliphatic carbocycles. The number of rotatable bonds is 8. The molecular weight excluding hydrogens is 439 g/mol. The van der Waals surface area contributed by atoms with E-state index in [1.807, 2.05) is 43.3 Å². The number of anilines is 1. The van der Waals surface area contributed by atoms with Gasteiger partial charge in [0.2, 0.25) is 0 Å². The van der Waals surface area contributed by atoms with Gasteiger partial charge in [0.25, 0.3) is 5.91 Å². The summed E-state index contributed by atoms with van der Waals surface area (Å²) in [7, 11) is 1.68. The Hall–Kier alpha value is -3.36. The number of aryl methyl sites for hydroxylation is 1. The molecule has 0 bridgehead atoms. The molecule has 8 heteroatoms. The van der Waals surface area contributed by atoms with Gasteiger partial charge in [-0.05, 0) is 36.1 Å². The van der Waals surface area contributed by atoms with Crippen LogP contribution in [0.4, 0.5) is 10.2 Å². The number of halogens is 1. The van der Waals surface area contributed by atoms with E-state index in [1.54, 1.807) is 19.2 Å². The van der Waals surface area contributed by atoms with Crippen LogP contribution in [0, 0.1) is 12.7 Å². The summed E-state index contributed by atoms with van der Waals surface area (Å²) in [6.07, 6.45) is 1.19. The predicted octanol–water partition coefficient (Wildman–Crippen LogP) is 4.60. The van der Waals surface area contributed by atoms with E-state index in [1.165, 1.54) is 28.6 Å². The van der Waals surface area contributed by atoms with Crippen molar-refractivity contribution in [1.82, 2.24) is 14.9 Å². The summed E-state index contributed by atoms with van der Waals surface area (Å²) >= 11 is 1.31. The van der Waals surface area contributed by atoms with Gasteiger partial charge in [0.05, 0.1) is 22.9 Å². The van der Waals surface area contributed by atoms with Crippen LogP contribution in [-0.2, 0) is 6.42 Å². The van der Waals surface area contributed by atoms with Gasteiger partial charge in [0, 0.05) is 13.6 Å². The zero-order valence-electron chi connectivity index (χ0n) is 18.5. The van der Waals surface area contributed by atoms with Crippen LogP contribution in [0.5, 0.6) is 0 Å². The van der Waals surface area contributed by atoms with Gasteiger partial charge in [-0.2, -0.15) is 0 Å². The van der Waals surface area contributed by atoms with Crippen molar-refractivity contribution >= 4 is 33.3 Å². The molecule has 0 saturated heterocycles. The number of aliphatic hydroxyl groups excluding tert-OH is 1. The minimum Gasteiger partial charge on any atom is -0.387 e. The molecule has 0 fully saturated rings.